The summed E-state index contributed by atoms with van der Waals surface area (Å²) in [6, 6.07) is 12.5. The molecule has 0 aliphatic carbocycles. The summed E-state index contributed by atoms with van der Waals surface area (Å²) in [5.74, 6) is 0.460. The molecule has 0 saturated carbocycles. The third-order valence-corrected chi connectivity index (χ3v) is 4.55. The number of hydrogen-bond donors (Lipinski definition) is 2. The van der Waals surface area contributed by atoms with Crippen molar-refractivity contribution in [2.45, 2.75) is 38.6 Å². The van der Waals surface area contributed by atoms with Crippen molar-refractivity contribution in [2.75, 3.05) is 18.4 Å². The van der Waals surface area contributed by atoms with Gasteiger partial charge in [0.2, 0.25) is 5.91 Å². The molecule has 1 aromatic carbocycles. The lowest BCUT2D eigenvalue weighted by Crippen LogP contribution is -2.33. The minimum atomic E-state index is 0.0663. The molecule has 1 unspecified atom stereocenters. The molecule has 1 aliphatic rings. The van der Waals surface area contributed by atoms with Gasteiger partial charge in [-0.1, -0.05) is 32.0 Å². The van der Waals surface area contributed by atoms with E-state index in [1.54, 1.807) is 0 Å². The predicted molar refractivity (Wildman–Crippen MR) is 93.5 cm³/mol. The highest BCUT2D eigenvalue weighted by atomic mass is 16.2. The maximum Gasteiger partial charge on any atom is 0.238 e. The lowest BCUT2D eigenvalue weighted by Gasteiger charge is -2.23. The molecule has 2 N–H and O–H groups in total. The van der Waals surface area contributed by atoms with E-state index in [4.69, 9.17) is 0 Å². The average Bonchev–Trinajstić information content (AvgIpc) is 3.18. The molecule has 23 heavy (non-hydrogen) atoms. The molecule has 0 radical (unpaired) electrons. The molecule has 0 spiro atoms. The highest BCUT2D eigenvalue weighted by Crippen LogP contribution is 2.30. The van der Waals surface area contributed by atoms with Crippen molar-refractivity contribution in [3.05, 3.63) is 53.9 Å². The number of aromatic amines is 1. The largest absolute Gasteiger partial charge is 0.364 e. The molecule has 1 aliphatic heterocycles. The van der Waals surface area contributed by atoms with Crippen LogP contribution in [0.15, 0.2) is 42.6 Å². The average molecular weight is 311 g/mol. The van der Waals surface area contributed by atoms with Gasteiger partial charge < -0.3 is 10.3 Å². The van der Waals surface area contributed by atoms with Gasteiger partial charge in [-0.05, 0) is 49.1 Å². The third-order valence-electron chi connectivity index (χ3n) is 4.55. The Balaban J connectivity index is 1.66. The highest BCUT2D eigenvalue weighted by Gasteiger charge is 2.28. The summed E-state index contributed by atoms with van der Waals surface area (Å²) >= 11 is 0. The second-order valence-corrected chi connectivity index (χ2v) is 6.54. The summed E-state index contributed by atoms with van der Waals surface area (Å²) < 4.78 is 0. The first-order valence-corrected chi connectivity index (χ1v) is 8.41. The number of rotatable bonds is 5. The van der Waals surface area contributed by atoms with Crippen molar-refractivity contribution in [3.8, 4) is 0 Å². The zero-order chi connectivity index (χ0) is 16.2. The molecule has 4 nitrogen and oxygen atoms in total. The molecule has 4 heteroatoms. The quantitative estimate of drug-likeness (QED) is 0.879. The fourth-order valence-electron chi connectivity index (χ4n) is 3.41. The van der Waals surface area contributed by atoms with Crippen molar-refractivity contribution < 1.29 is 4.79 Å². The first-order valence-electron chi connectivity index (χ1n) is 8.41. The van der Waals surface area contributed by atoms with E-state index in [0.717, 1.165) is 25.1 Å². The van der Waals surface area contributed by atoms with Crippen LogP contribution < -0.4 is 5.32 Å². The number of anilines is 1. The van der Waals surface area contributed by atoms with E-state index >= 15 is 0 Å². The Hall–Kier alpha value is -2.07. The van der Waals surface area contributed by atoms with Crippen molar-refractivity contribution >= 4 is 11.6 Å². The molecule has 1 fully saturated rings. The normalized spacial score (nSPS) is 18.5. The van der Waals surface area contributed by atoms with Gasteiger partial charge in [0.25, 0.3) is 0 Å². The van der Waals surface area contributed by atoms with Crippen LogP contribution in [0.1, 0.15) is 49.9 Å². The summed E-state index contributed by atoms with van der Waals surface area (Å²) in [7, 11) is 0. The Morgan fingerprint density at radius 1 is 1.30 bits per heavy atom. The van der Waals surface area contributed by atoms with E-state index in [9.17, 15) is 4.79 Å². The van der Waals surface area contributed by atoms with Crippen LogP contribution in [0, 0.1) is 0 Å². The molecule has 2 aromatic rings. The van der Waals surface area contributed by atoms with Crippen LogP contribution in [0.4, 0.5) is 5.69 Å². The van der Waals surface area contributed by atoms with Crippen LogP contribution in [0.3, 0.4) is 0 Å². The van der Waals surface area contributed by atoms with Crippen LogP contribution in [0.25, 0.3) is 0 Å². The van der Waals surface area contributed by atoms with Crippen LogP contribution >= 0.6 is 0 Å². The zero-order valence-electron chi connectivity index (χ0n) is 13.9. The van der Waals surface area contributed by atoms with Gasteiger partial charge in [0.1, 0.15) is 0 Å². The topological polar surface area (TPSA) is 48.1 Å². The van der Waals surface area contributed by atoms with Crippen molar-refractivity contribution in [2.24, 2.45) is 0 Å². The number of nitrogens with zero attached hydrogens (tertiary/aromatic N) is 1. The van der Waals surface area contributed by atoms with Gasteiger partial charge in [-0.3, -0.25) is 9.69 Å². The Morgan fingerprint density at radius 3 is 2.87 bits per heavy atom. The molecule has 1 amide bonds. The summed E-state index contributed by atoms with van der Waals surface area (Å²) in [6.45, 7) is 5.71. The summed E-state index contributed by atoms with van der Waals surface area (Å²) in [4.78, 5) is 18.0. The number of hydrogen-bond acceptors (Lipinski definition) is 2. The number of para-hydroxylation sites is 1. The second-order valence-electron chi connectivity index (χ2n) is 6.54. The fraction of sp³-hybridized carbons (Fsp3) is 0.421. The zero-order valence-corrected chi connectivity index (χ0v) is 13.9. The molecule has 3 rings (SSSR count). The van der Waals surface area contributed by atoms with Gasteiger partial charge in [-0.15, -0.1) is 0 Å². The Bertz CT molecular complexity index is 648. The molecular weight excluding hydrogens is 286 g/mol. The van der Waals surface area contributed by atoms with E-state index in [1.165, 1.54) is 11.3 Å². The molecule has 122 valence electrons. The SMILES string of the molecule is CC(C)c1ccccc1NC(=O)CN1CCCC1c1ccc[nH]1. The number of nitrogens with one attached hydrogen (secondary N) is 2. The number of H-pyrrole nitrogens is 1. The van der Waals surface area contributed by atoms with Gasteiger partial charge in [0.05, 0.1) is 12.6 Å². The predicted octanol–water partition coefficient (Wildman–Crippen LogP) is 3.91. The Labute approximate surface area is 137 Å². The van der Waals surface area contributed by atoms with Crippen LogP contribution in [0.2, 0.25) is 0 Å². The van der Waals surface area contributed by atoms with E-state index in [0.29, 0.717) is 18.5 Å². The van der Waals surface area contributed by atoms with Gasteiger partial charge in [0.15, 0.2) is 0 Å². The molecule has 1 saturated heterocycles. The smallest absolute Gasteiger partial charge is 0.238 e. The van der Waals surface area contributed by atoms with Gasteiger partial charge in [0, 0.05) is 17.6 Å². The number of amides is 1. The number of aromatic nitrogens is 1. The lowest BCUT2D eigenvalue weighted by molar-refractivity contribution is -0.117. The highest BCUT2D eigenvalue weighted by molar-refractivity contribution is 5.93. The third kappa shape index (κ3) is 3.64. The Kier molecular flexibility index (Phi) is 4.82. The first kappa shape index (κ1) is 15.8. The van der Waals surface area contributed by atoms with Crippen LogP contribution in [-0.2, 0) is 4.79 Å². The van der Waals surface area contributed by atoms with Gasteiger partial charge >= 0.3 is 0 Å². The van der Waals surface area contributed by atoms with Crippen molar-refractivity contribution in [1.29, 1.82) is 0 Å². The molecule has 1 aromatic heterocycles. The minimum Gasteiger partial charge on any atom is -0.364 e. The standard InChI is InChI=1S/C19H25N3O/c1-14(2)15-7-3-4-8-16(15)21-19(23)13-22-12-6-10-18(22)17-9-5-11-20-17/h3-5,7-9,11,14,18,20H,6,10,12-13H2,1-2H3,(H,21,23). The summed E-state index contributed by atoms with van der Waals surface area (Å²) in [6.07, 6.45) is 4.20. The molecule has 1 atom stereocenters. The van der Waals surface area contributed by atoms with Gasteiger partial charge in [-0.2, -0.15) is 0 Å². The minimum absolute atomic E-state index is 0.0663. The van der Waals surface area contributed by atoms with Crippen LogP contribution in [-0.4, -0.2) is 28.9 Å². The van der Waals surface area contributed by atoms with E-state index in [1.807, 2.05) is 30.5 Å². The second kappa shape index (κ2) is 7.01. The Morgan fingerprint density at radius 2 is 2.13 bits per heavy atom. The van der Waals surface area contributed by atoms with E-state index in [2.05, 4.69) is 41.2 Å². The number of benzene rings is 1. The first-order chi connectivity index (χ1) is 11.1. The fourth-order valence-corrected chi connectivity index (χ4v) is 3.41. The maximum absolute atomic E-state index is 12.5. The van der Waals surface area contributed by atoms with Gasteiger partial charge in [-0.25, -0.2) is 0 Å². The number of likely N-dealkylation sites (tertiary alicyclic amines) is 1. The number of carbonyl (C=O) groups is 1. The van der Waals surface area contributed by atoms with Crippen LogP contribution in [0.5, 0.6) is 0 Å². The summed E-state index contributed by atoms with van der Waals surface area (Å²) in [5.41, 5.74) is 3.32. The molecule has 2 heterocycles. The maximum atomic E-state index is 12.5. The van der Waals surface area contributed by atoms with E-state index < -0.39 is 0 Å². The monoisotopic (exact) mass is 311 g/mol. The van der Waals surface area contributed by atoms with E-state index in [-0.39, 0.29) is 5.91 Å². The molecular formula is C19H25N3O. The number of carbonyl (C=O) groups excluding carboxylic acids is 1. The molecule has 0 bridgehead atoms. The van der Waals surface area contributed by atoms with Crippen molar-refractivity contribution in [1.82, 2.24) is 9.88 Å². The lowest BCUT2D eigenvalue weighted by atomic mass is 10.0. The summed E-state index contributed by atoms with van der Waals surface area (Å²) in [5, 5.41) is 3.09. The van der Waals surface area contributed by atoms with Crippen molar-refractivity contribution in [3.63, 3.8) is 0 Å².